The molecular formula is C17H23NO4S2. The van der Waals surface area contributed by atoms with E-state index in [-0.39, 0.29) is 18.4 Å². The molecule has 1 aromatic heterocycles. The molecule has 1 aromatic carbocycles. The summed E-state index contributed by atoms with van der Waals surface area (Å²) in [6.07, 6.45) is 0.189. The van der Waals surface area contributed by atoms with Gasteiger partial charge in [0.05, 0.1) is 12.9 Å². The maximum absolute atomic E-state index is 12.2. The second-order valence-corrected chi connectivity index (χ2v) is 8.68. The van der Waals surface area contributed by atoms with Crippen molar-refractivity contribution in [3.05, 3.63) is 51.7 Å². The lowest BCUT2D eigenvalue weighted by atomic mass is 10.2. The first-order valence-electron chi connectivity index (χ1n) is 7.63. The molecule has 1 N–H and O–H groups in total. The van der Waals surface area contributed by atoms with Crippen molar-refractivity contribution in [3.8, 4) is 5.75 Å². The molecule has 0 radical (unpaired) electrons. The Morgan fingerprint density at radius 1 is 1.12 bits per heavy atom. The number of ether oxygens (including phenoxy) is 2. The first-order chi connectivity index (χ1) is 11.4. The van der Waals surface area contributed by atoms with Crippen LogP contribution in [0, 0.1) is 6.92 Å². The van der Waals surface area contributed by atoms with Gasteiger partial charge >= 0.3 is 0 Å². The zero-order valence-electron chi connectivity index (χ0n) is 14.1. The van der Waals surface area contributed by atoms with Gasteiger partial charge in [0.15, 0.2) is 0 Å². The maximum Gasteiger partial charge on any atom is 0.212 e. The lowest BCUT2D eigenvalue weighted by Crippen LogP contribution is -2.31. The summed E-state index contributed by atoms with van der Waals surface area (Å²) in [5, 5.41) is 0. The largest absolute Gasteiger partial charge is 0.497 e. The third kappa shape index (κ3) is 5.59. The molecule has 1 atom stereocenters. The second-order valence-electron chi connectivity index (χ2n) is 5.44. The molecule has 0 saturated heterocycles. The maximum atomic E-state index is 12.2. The molecule has 0 aliphatic heterocycles. The van der Waals surface area contributed by atoms with Crippen LogP contribution >= 0.6 is 11.3 Å². The topological polar surface area (TPSA) is 64.6 Å². The van der Waals surface area contributed by atoms with Crippen molar-refractivity contribution in [2.45, 2.75) is 19.4 Å². The van der Waals surface area contributed by atoms with Gasteiger partial charge in [-0.25, -0.2) is 13.1 Å². The fourth-order valence-corrected chi connectivity index (χ4v) is 4.25. The van der Waals surface area contributed by atoms with Crippen LogP contribution in [0.15, 0.2) is 36.4 Å². The standard InChI is InChI=1S/C17H23NO4S2/c1-13-4-9-17(23-13)16(22-3)12-18-24(19,20)11-10-14-5-7-15(21-2)8-6-14/h4-9,16,18H,10-12H2,1-3H3. The van der Waals surface area contributed by atoms with E-state index >= 15 is 0 Å². The second kappa shape index (κ2) is 8.62. The summed E-state index contributed by atoms with van der Waals surface area (Å²) in [5.41, 5.74) is 0.957. The Morgan fingerprint density at radius 2 is 1.83 bits per heavy atom. The third-order valence-corrected chi connectivity index (χ3v) is 6.11. The zero-order valence-corrected chi connectivity index (χ0v) is 15.7. The number of nitrogens with one attached hydrogen (secondary N) is 1. The van der Waals surface area contributed by atoms with Crippen molar-refractivity contribution in [2.75, 3.05) is 26.5 Å². The van der Waals surface area contributed by atoms with E-state index in [0.717, 1.165) is 16.2 Å². The Morgan fingerprint density at radius 3 is 2.38 bits per heavy atom. The summed E-state index contributed by atoms with van der Waals surface area (Å²) in [4.78, 5) is 2.20. The van der Waals surface area contributed by atoms with Gasteiger partial charge in [-0.05, 0) is 43.2 Å². The van der Waals surface area contributed by atoms with Crippen LogP contribution in [-0.2, 0) is 21.2 Å². The third-order valence-electron chi connectivity index (χ3n) is 3.67. The van der Waals surface area contributed by atoms with E-state index in [1.54, 1.807) is 25.6 Å². The van der Waals surface area contributed by atoms with Crippen molar-refractivity contribution in [1.82, 2.24) is 4.72 Å². The quantitative estimate of drug-likeness (QED) is 0.738. The molecule has 7 heteroatoms. The van der Waals surface area contributed by atoms with E-state index in [1.165, 1.54) is 4.88 Å². The summed E-state index contributed by atoms with van der Waals surface area (Å²) in [5.74, 6) is 0.799. The zero-order chi connectivity index (χ0) is 17.6. The highest BCUT2D eigenvalue weighted by atomic mass is 32.2. The lowest BCUT2D eigenvalue weighted by molar-refractivity contribution is 0.110. The number of thiophene rings is 1. The van der Waals surface area contributed by atoms with Crippen LogP contribution < -0.4 is 9.46 Å². The molecule has 2 aromatic rings. The molecule has 0 bridgehead atoms. The molecule has 2 rings (SSSR count). The molecule has 0 fully saturated rings. The van der Waals surface area contributed by atoms with Crippen LogP contribution in [0.1, 0.15) is 21.4 Å². The van der Waals surface area contributed by atoms with Gasteiger partial charge < -0.3 is 9.47 Å². The molecule has 1 unspecified atom stereocenters. The fraction of sp³-hybridized carbons (Fsp3) is 0.412. The van der Waals surface area contributed by atoms with E-state index in [0.29, 0.717) is 6.42 Å². The molecular weight excluding hydrogens is 346 g/mol. The van der Waals surface area contributed by atoms with Crippen molar-refractivity contribution in [3.63, 3.8) is 0 Å². The summed E-state index contributed by atoms with van der Waals surface area (Å²) < 4.78 is 37.5. The highest BCUT2D eigenvalue weighted by molar-refractivity contribution is 7.89. The first-order valence-corrected chi connectivity index (χ1v) is 10.1. The van der Waals surface area contributed by atoms with Gasteiger partial charge in [0.2, 0.25) is 10.0 Å². The van der Waals surface area contributed by atoms with Crippen LogP contribution in [0.2, 0.25) is 0 Å². The SMILES string of the molecule is COc1ccc(CCS(=O)(=O)NCC(OC)c2ccc(C)s2)cc1. The Balaban J connectivity index is 1.88. The smallest absolute Gasteiger partial charge is 0.212 e. The molecule has 5 nitrogen and oxygen atoms in total. The number of hydrogen-bond donors (Lipinski definition) is 1. The molecule has 0 aliphatic rings. The van der Waals surface area contributed by atoms with E-state index < -0.39 is 10.0 Å². The molecule has 1 heterocycles. The van der Waals surface area contributed by atoms with Crippen molar-refractivity contribution in [2.24, 2.45) is 0 Å². The van der Waals surface area contributed by atoms with E-state index in [2.05, 4.69) is 4.72 Å². The van der Waals surface area contributed by atoms with Gasteiger partial charge in [0, 0.05) is 23.4 Å². The summed E-state index contributed by atoms with van der Waals surface area (Å²) in [6.45, 7) is 2.25. The fourth-order valence-electron chi connectivity index (χ4n) is 2.25. The predicted molar refractivity (Wildman–Crippen MR) is 97.3 cm³/mol. The van der Waals surface area contributed by atoms with Gasteiger partial charge in [0.25, 0.3) is 0 Å². The summed E-state index contributed by atoms with van der Waals surface area (Å²) >= 11 is 1.61. The van der Waals surface area contributed by atoms with E-state index in [9.17, 15) is 8.42 Å². The number of rotatable bonds is 9. The number of methoxy groups -OCH3 is 2. The van der Waals surface area contributed by atoms with Gasteiger partial charge in [-0.2, -0.15) is 0 Å². The van der Waals surface area contributed by atoms with Crippen LogP contribution in [-0.4, -0.2) is 34.9 Å². The van der Waals surface area contributed by atoms with Crippen LogP contribution in [0.25, 0.3) is 0 Å². The average molecular weight is 370 g/mol. The normalized spacial score (nSPS) is 13.0. The van der Waals surface area contributed by atoms with Crippen molar-refractivity contribution >= 4 is 21.4 Å². The van der Waals surface area contributed by atoms with E-state index in [1.807, 2.05) is 43.3 Å². The molecule has 24 heavy (non-hydrogen) atoms. The average Bonchev–Trinajstić information content (AvgIpc) is 3.00. The number of sulfonamides is 1. The van der Waals surface area contributed by atoms with E-state index in [4.69, 9.17) is 9.47 Å². The minimum absolute atomic E-state index is 0.0409. The van der Waals surface area contributed by atoms with Crippen LogP contribution in [0.5, 0.6) is 5.75 Å². The minimum atomic E-state index is -3.36. The lowest BCUT2D eigenvalue weighted by Gasteiger charge is -2.15. The first kappa shape index (κ1) is 18.9. The molecule has 0 aliphatic carbocycles. The Bertz CT molecular complexity index is 738. The minimum Gasteiger partial charge on any atom is -0.497 e. The van der Waals surface area contributed by atoms with Crippen molar-refractivity contribution in [1.29, 1.82) is 0 Å². The van der Waals surface area contributed by atoms with Crippen molar-refractivity contribution < 1.29 is 17.9 Å². The molecule has 0 saturated carbocycles. The predicted octanol–water partition coefficient (Wildman–Crippen LogP) is 2.91. The Labute approximate surface area is 147 Å². The van der Waals surface area contributed by atoms with Crippen LogP contribution in [0.3, 0.4) is 0 Å². The molecule has 132 valence electrons. The summed E-state index contributed by atoms with van der Waals surface area (Å²) in [6, 6.07) is 11.4. The van der Waals surface area contributed by atoms with Gasteiger partial charge in [-0.1, -0.05) is 12.1 Å². The molecule has 0 amide bonds. The van der Waals surface area contributed by atoms with Crippen LogP contribution in [0.4, 0.5) is 0 Å². The molecule has 0 spiro atoms. The number of hydrogen-bond acceptors (Lipinski definition) is 5. The number of aryl methyl sites for hydroxylation is 2. The highest BCUT2D eigenvalue weighted by Crippen LogP contribution is 2.24. The monoisotopic (exact) mass is 369 g/mol. The highest BCUT2D eigenvalue weighted by Gasteiger charge is 2.17. The Hall–Kier alpha value is -1.41. The van der Waals surface area contributed by atoms with Gasteiger partial charge in [-0.3, -0.25) is 0 Å². The van der Waals surface area contributed by atoms with Gasteiger partial charge in [-0.15, -0.1) is 11.3 Å². The number of benzene rings is 1. The Kier molecular flexibility index (Phi) is 6.79. The van der Waals surface area contributed by atoms with Gasteiger partial charge in [0.1, 0.15) is 11.9 Å². The summed E-state index contributed by atoms with van der Waals surface area (Å²) in [7, 11) is -0.168.